The Bertz CT molecular complexity index is 708. The molecule has 0 spiro atoms. The Balaban J connectivity index is 1.28. The van der Waals surface area contributed by atoms with Crippen LogP contribution in [0.2, 0.25) is 0 Å². The number of piperidine rings is 2. The third kappa shape index (κ3) is 3.48. The SMILES string of the molecule is O=c1[nH]c(CC2CC2)nc2c1CCN(C[C@@H]1CCCN3CCCC[C@H]13)C2. The molecule has 26 heavy (non-hydrogen) atoms. The molecule has 1 aliphatic carbocycles. The highest BCUT2D eigenvalue weighted by molar-refractivity contribution is 5.21. The molecule has 0 aromatic carbocycles. The van der Waals surface area contributed by atoms with Gasteiger partial charge in [0.05, 0.1) is 5.69 Å². The van der Waals surface area contributed by atoms with Crippen molar-refractivity contribution in [2.24, 2.45) is 11.8 Å². The van der Waals surface area contributed by atoms with Crippen LogP contribution in [0.4, 0.5) is 0 Å². The van der Waals surface area contributed by atoms with Crippen molar-refractivity contribution in [1.29, 1.82) is 0 Å². The van der Waals surface area contributed by atoms with Gasteiger partial charge in [-0.1, -0.05) is 6.42 Å². The maximum absolute atomic E-state index is 12.5. The summed E-state index contributed by atoms with van der Waals surface area (Å²) < 4.78 is 0. The first-order valence-electron chi connectivity index (χ1n) is 10.8. The van der Waals surface area contributed by atoms with E-state index in [9.17, 15) is 4.79 Å². The summed E-state index contributed by atoms with van der Waals surface area (Å²) in [6, 6.07) is 0.802. The predicted molar refractivity (Wildman–Crippen MR) is 102 cm³/mol. The van der Waals surface area contributed by atoms with Crippen LogP contribution in [0.25, 0.3) is 0 Å². The molecule has 4 heterocycles. The van der Waals surface area contributed by atoms with Crippen molar-refractivity contribution in [2.75, 3.05) is 26.2 Å². The van der Waals surface area contributed by atoms with E-state index in [4.69, 9.17) is 4.98 Å². The van der Waals surface area contributed by atoms with Crippen LogP contribution in [0.3, 0.4) is 0 Å². The molecule has 142 valence electrons. The Morgan fingerprint density at radius 2 is 1.92 bits per heavy atom. The molecule has 2 atom stereocenters. The molecule has 1 aromatic heterocycles. The Kier molecular flexibility index (Phi) is 4.61. The van der Waals surface area contributed by atoms with Crippen molar-refractivity contribution in [3.63, 3.8) is 0 Å². The van der Waals surface area contributed by atoms with Gasteiger partial charge in [-0.15, -0.1) is 0 Å². The smallest absolute Gasteiger partial charge is 0.254 e. The van der Waals surface area contributed by atoms with E-state index in [0.29, 0.717) is 0 Å². The second-order valence-electron chi connectivity index (χ2n) is 9.07. The first-order valence-corrected chi connectivity index (χ1v) is 10.8. The molecule has 3 aliphatic heterocycles. The Hall–Kier alpha value is -1.20. The average molecular weight is 357 g/mol. The quantitative estimate of drug-likeness (QED) is 0.900. The molecule has 1 aromatic rings. The molecule has 5 heteroatoms. The van der Waals surface area contributed by atoms with Crippen molar-refractivity contribution in [3.05, 3.63) is 27.4 Å². The standard InChI is InChI=1S/C21H32N4O/c26-21-17-8-11-24(14-18(17)22-20(23-21)12-15-6-7-15)13-16-4-3-10-25-9-2-1-5-19(16)25/h15-16,19H,1-14H2,(H,22,23,26)/t16-,19+/m0/s1. The van der Waals surface area contributed by atoms with E-state index in [0.717, 1.165) is 60.9 Å². The van der Waals surface area contributed by atoms with Crippen LogP contribution in [0, 0.1) is 11.8 Å². The zero-order chi connectivity index (χ0) is 17.5. The average Bonchev–Trinajstić information content (AvgIpc) is 3.46. The monoisotopic (exact) mass is 356 g/mol. The van der Waals surface area contributed by atoms with E-state index in [1.165, 1.54) is 64.6 Å². The van der Waals surface area contributed by atoms with Gasteiger partial charge in [0.25, 0.3) is 5.56 Å². The molecule has 2 saturated heterocycles. The molecular formula is C21H32N4O. The largest absolute Gasteiger partial charge is 0.310 e. The Morgan fingerprint density at radius 3 is 2.81 bits per heavy atom. The summed E-state index contributed by atoms with van der Waals surface area (Å²) in [4.78, 5) is 25.7. The topological polar surface area (TPSA) is 52.2 Å². The van der Waals surface area contributed by atoms with Gasteiger partial charge in [0.2, 0.25) is 0 Å². The number of hydrogen-bond donors (Lipinski definition) is 1. The van der Waals surface area contributed by atoms with Gasteiger partial charge in [0, 0.05) is 37.7 Å². The van der Waals surface area contributed by atoms with E-state index in [2.05, 4.69) is 14.8 Å². The molecule has 5 rings (SSSR count). The molecule has 0 radical (unpaired) electrons. The normalized spacial score (nSPS) is 30.0. The number of H-pyrrole nitrogens is 1. The third-order valence-corrected chi connectivity index (χ3v) is 7.10. The summed E-state index contributed by atoms with van der Waals surface area (Å²) in [5.41, 5.74) is 2.14. The number of nitrogens with zero attached hydrogens (tertiary/aromatic N) is 3. The van der Waals surface area contributed by atoms with Crippen LogP contribution in [0.15, 0.2) is 4.79 Å². The van der Waals surface area contributed by atoms with Crippen molar-refractivity contribution < 1.29 is 0 Å². The van der Waals surface area contributed by atoms with Gasteiger partial charge in [-0.2, -0.15) is 0 Å². The summed E-state index contributed by atoms with van der Waals surface area (Å²) in [6.07, 6.45) is 11.3. The highest BCUT2D eigenvalue weighted by atomic mass is 16.1. The van der Waals surface area contributed by atoms with E-state index in [1.807, 2.05) is 0 Å². The molecule has 1 N–H and O–H groups in total. The first-order chi connectivity index (χ1) is 12.8. The van der Waals surface area contributed by atoms with Gasteiger partial charge in [-0.25, -0.2) is 4.98 Å². The fourth-order valence-electron chi connectivity index (χ4n) is 5.51. The van der Waals surface area contributed by atoms with Gasteiger partial charge in [0.1, 0.15) is 5.82 Å². The number of nitrogens with one attached hydrogen (secondary N) is 1. The van der Waals surface area contributed by atoms with E-state index >= 15 is 0 Å². The van der Waals surface area contributed by atoms with Crippen LogP contribution in [-0.2, 0) is 19.4 Å². The fraction of sp³-hybridized carbons (Fsp3) is 0.810. The lowest BCUT2D eigenvalue weighted by molar-refractivity contribution is 0.0376. The fourth-order valence-corrected chi connectivity index (χ4v) is 5.51. The highest BCUT2D eigenvalue weighted by Crippen LogP contribution is 2.33. The van der Waals surface area contributed by atoms with Crippen LogP contribution in [-0.4, -0.2) is 52.0 Å². The highest BCUT2D eigenvalue weighted by Gasteiger charge is 2.34. The van der Waals surface area contributed by atoms with Crippen LogP contribution < -0.4 is 5.56 Å². The molecule has 5 nitrogen and oxygen atoms in total. The Morgan fingerprint density at radius 1 is 1.04 bits per heavy atom. The van der Waals surface area contributed by atoms with Crippen molar-refractivity contribution in [2.45, 2.75) is 70.4 Å². The maximum atomic E-state index is 12.5. The minimum Gasteiger partial charge on any atom is -0.310 e. The second kappa shape index (κ2) is 7.08. The minimum atomic E-state index is 0.126. The van der Waals surface area contributed by atoms with E-state index in [1.54, 1.807) is 0 Å². The van der Waals surface area contributed by atoms with Crippen molar-refractivity contribution >= 4 is 0 Å². The number of fused-ring (bicyclic) bond motifs is 2. The number of aromatic amines is 1. The predicted octanol–water partition coefficient (Wildman–Crippen LogP) is 2.34. The van der Waals surface area contributed by atoms with Crippen molar-refractivity contribution in [3.8, 4) is 0 Å². The van der Waals surface area contributed by atoms with Crippen LogP contribution >= 0.6 is 0 Å². The van der Waals surface area contributed by atoms with Gasteiger partial charge in [0.15, 0.2) is 0 Å². The lowest BCUT2D eigenvalue weighted by Crippen LogP contribution is -2.51. The summed E-state index contributed by atoms with van der Waals surface area (Å²) in [5.74, 6) is 2.49. The summed E-state index contributed by atoms with van der Waals surface area (Å²) in [7, 11) is 0. The van der Waals surface area contributed by atoms with Gasteiger partial charge >= 0.3 is 0 Å². The maximum Gasteiger partial charge on any atom is 0.254 e. The molecule has 3 fully saturated rings. The number of aromatic nitrogens is 2. The zero-order valence-corrected chi connectivity index (χ0v) is 15.9. The van der Waals surface area contributed by atoms with E-state index < -0.39 is 0 Å². The number of hydrogen-bond acceptors (Lipinski definition) is 4. The third-order valence-electron chi connectivity index (χ3n) is 7.10. The van der Waals surface area contributed by atoms with Crippen LogP contribution in [0.5, 0.6) is 0 Å². The van der Waals surface area contributed by atoms with Gasteiger partial charge in [-0.05, 0) is 69.9 Å². The van der Waals surface area contributed by atoms with Crippen LogP contribution in [0.1, 0.15) is 62.0 Å². The lowest BCUT2D eigenvalue weighted by Gasteiger charge is -2.46. The zero-order valence-electron chi connectivity index (χ0n) is 15.9. The Labute approximate surface area is 156 Å². The lowest BCUT2D eigenvalue weighted by atomic mass is 9.83. The number of rotatable bonds is 4. The van der Waals surface area contributed by atoms with Gasteiger partial charge in [-0.3, -0.25) is 9.69 Å². The molecular weight excluding hydrogens is 324 g/mol. The van der Waals surface area contributed by atoms with Gasteiger partial charge < -0.3 is 9.88 Å². The molecule has 0 amide bonds. The molecule has 1 saturated carbocycles. The van der Waals surface area contributed by atoms with Crippen molar-refractivity contribution in [1.82, 2.24) is 19.8 Å². The molecule has 4 aliphatic rings. The molecule has 0 bridgehead atoms. The summed E-state index contributed by atoms with van der Waals surface area (Å²) >= 11 is 0. The summed E-state index contributed by atoms with van der Waals surface area (Å²) in [5, 5.41) is 0. The summed E-state index contributed by atoms with van der Waals surface area (Å²) in [6.45, 7) is 5.70. The second-order valence-corrected chi connectivity index (χ2v) is 9.07. The molecule has 0 unspecified atom stereocenters. The first kappa shape index (κ1) is 16.9. The minimum absolute atomic E-state index is 0.126. The van der Waals surface area contributed by atoms with E-state index in [-0.39, 0.29) is 5.56 Å².